The third-order valence-corrected chi connectivity index (χ3v) is 18.2. The Balaban J connectivity index is 0.773. The fourth-order valence-electron chi connectivity index (χ4n) is 11.7. The minimum atomic E-state index is -5.87. The largest absolute Gasteiger partial charge is 0.399 e. The molecule has 0 aliphatic carbocycles. The molecule has 0 spiro atoms. The number of benzene rings is 4. The van der Waals surface area contributed by atoms with Crippen molar-refractivity contribution >= 4 is 87.9 Å². The third-order valence-electron chi connectivity index (χ3n) is 16.1. The standard InChI is InChI=1S/C59H59F2N8O12PS/c60-59(61,82(79,80)81)39-18-22-46-38(29-39)31-47(83-46)55(75)64-43-19-17-36-14-7-15-37-30-45(69(51(36)37)57(43)77)54(74)63-42(20-23-48(62)70)52(72)66-50(35-11-5-2-6-12-35)58(78)67-27-25-33(26-28-67)9-3-1-4-10-34-13-8-16-40-41(34)32-68(56(40)76)44-21-24-49(71)65-53(44)73/h2,5-8,11-16,18,22,29,31,33,42-45,50H,1,3,9,17,19-21,23-28,30,32H2,(H2,62,70)(H,63,74)(H,64,75)(H,66,72)(H,65,71,73)(H2,79,80,81)/t42-,43-,44?,45-,50-/m0/s1. The van der Waals surface area contributed by atoms with Gasteiger partial charge in [-0.25, -0.2) is 0 Å². The van der Waals surface area contributed by atoms with Crippen LogP contribution in [0.5, 0.6) is 0 Å². The van der Waals surface area contributed by atoms with Crippen molar-refractivity contribution < 1.29 is 66.3 Å². The van der Waals surface area contributed by atoms with E-state index in [0.29, 0.717) is 77.3 Å². The van der Waals surface area contributed by atoms with E-state index in [1.165, 1.54) is 21.9 Å². The molecule has 0 bridgehead atoms. The molecular formula is C59H59F2N8O12PS. The van der Waals surface area contributed by atoms with E-state index in [2.05, 4.69) is 33.1 Å². The summed E-state index contributed by atoms with van der Waals surface area (Å²) in [6.07, 6.45) is 3.93. The number of halogens is 2. The summed E-state index contributed by atoms with van der Waals surface area (Å²) in [5.41, 5.74) is 4.45. The number of amides is 9. The molecule has 83 heavy (non-hydrogen) atoms. The average Bonchev–Trinajstić information content (AvgIpc) is 3.19. The number of carbonyl (C=O) groups is 9. The lowest BCUT2D eigenvalue weighted by atomic mass is 9.91. The van der Waals surface area contributed by atoms with Gasteiger partial charge in [0.1, 0.15) is 30.2 Å². The number of aryl methyl sites for hydroxylation is 1. The van der Waals surface area contributed by atoms with Crippen molar-refractivity contribution in [2.24, 2.45) is 11.7 Å². The molecule has 2 fully saturated rings. The maximum atomic E-state index is 14.7. The summed E-state index contributed by atoms with van der Waals surface area (Å²) in [5.74, 6) is 1.65. The van der Waals surface area contributed by atoms with E-state index in [4.69, 9.17) is 5.73 Å². The maximum absolute atomic E-state index is 14.7. The van der Waals surface area contributed by atoms with E-state index in [-0.39, 0.29) is 73.1 Å². The van der Waals surface area contributed by atoms with Crippen LogP contribution in [0.4, 0.5) is 14.5 Å². The summed E-state index contributed by atoms with van der Waals surface area (Å²) in [4.78, 5) is 145. The van der Waals surface area contributed by atoms with E-state index >= 15 is 0 Å². The summed E-state index contributed by atoms with van der Waals surface area (Å²) in [5, 5.41) is 10.8. The SMILES string of the molecule is NC(=O)CC[C@H](NC(=O)[C@@H]1Cc2cccc3c2N1C(=O)[C@@H](NC(=O)c1cc2cc(C(F)(F)P(=O)(O)O)ccc2s1)CC3)C(=O)N[C@H](C(=O)N1CCC(CCCC#Cc2cccc3c2CN(C2CCC(=O)NC2=O)C3=O)CC1)c1ccccc1. The number of nitrogens with two attached hydrogens (primary N) is 1. The number of carbonyl (C=O) groups excluding carboxylic acids is 9. The van der Waals surface area contributed by atoms with Gasteiger partial charge >= 0.3 is 13.3 Å². The van der Waals surface area contributed by atoms with Crippen molar-refractivity contribution in [2.75, 3.05) is 18.0 Å². The average molecular weight is 1170 g/mol. The molecule has 0 radical (unpaired) electrons. The Bertz CT molecular complexity index is 3590. The summed E-state index contributed by atoms with van der Waals surface area (Å²) >= 11 is 0.916. The number of hydrogen-bond acceptors (Lipinski definition) is 11. The van der Waals surface area contributed by atoms with E-state index < -0.39 is 84.5 Å². The topological polar surface area (TPSA) is 295 Å². The molecule has 1 unspecified atom stereocenters. The zero-order valence-corrected chi connectivity index (χ0v) is 46.4. The molecule has 5 aromatic rings. The monoisotopic (exact) mass is 1170 g/mol. The number of alkyl halides is 2. The van der Waals surface area contributed by atoms with Crippen molar-refractivity contribution in [3.05, 3.63) is 135 Å². The van der Waals surface area contributed by atoms with Gasteiger partial charge < -0.3 is 41.3 Å². The molecule has 24 heteroatoms. The molecule has 5 atom stereocenters. The second kappa shape index (κ2) is 24.0. The lowest BCUT2D eigenvalue weighted by Gasteiger charge is -2.35. The lowest BCUT2D eigenvalue weighted by Crippen LogP contribution is -2.58. The van der Waals surface area contributed by atoms with Crippen LogP contribution in [0.25, 0.3) is 10.1 Å². The summed E-state index contributed by atoms with van der Waals surface area (Å²) in [6.45, 7) is 1.05. The number of nitrogens with zero attached hydrogens (tertiary/aromatic N) is 3. The molecule has 2 saturated heterocycles. The smallest absolute Gasteiger partial charge is 0.370 e. The van der Waals surface area contributed by atoms with Crippen LogP contribution in [-0.2, 0) is 63.2 Å². The maximum Gasteiger partial charge on any atom is 0.399 e. The molecule has 5 aliphatic rings. The minimum Gasteiger partial charge on any atom is -0.370 e. The van der Waals surface area contributed by atoms with Crippen LogP contribution in [0.15, 0.2) is 91.0 Å². The Kier molecular flexibility index (Phi) is 16.8. The zero-order chi connectivity index (χ0) is 58.9. The van der Waals surface area contributed by atoms with E-state index in [0.717, 1.165) is 47.4 Å². The number of rotatable bonds is 17. The first-order chi connectivity index (χ1) is 39.7. The number of unbranched alkanes of at least 4 members (excludes halogenated alkanes) is 1. The second-order valence-electron chi connectivity index (χ2n) is 21.5. The Hall–Kier alpha value is -8.16. The predicted molar refractivity (Wildman–Crippen MR) is 299 cm³/mol. The lowest BCUT2D eigenvalue weighted by molar-refractivity contribution is -0.139. The van der Waals surface area contributed by atoms with Crippen molar-refractivity contribution in [3.8, 4) is 11.8 Å². The highest BCUT2D eigenvalue weighted by Crippen LogP contribution is 2.59. The Morgan fingerprint density at radius 1 is 0.880 bits per heavy atom. The molecular weight excluding hydrogens is 1110 g/mol. The molecule has 5 aliphatic heterocycles. The summed E-state index contributed by atoms with van der Waals surface area (Å²) in [6, 6.07) is 17.8. The molecule has 432 valence electrons. The number of anilines is 1. The number of primary amides is 1. The fourth-order valence-corrected chi connectivity index (χ4v) is 13.1. The number of piperidine rings is 2. The van der Waals surface area contributed by atoms with E-state index in [1.54, 1.807) is 65.6 Å². The number of nitrogens with one attached hydrogen (secondary N) is 4. The van der Waals surface area contributed by atoms with Crippen molar-refractivity contribution in [2.45, 2.75) is 119 Å². The van der Waals surface area contributed by atoms with Gasteiger partial charge in [0.15, 0.2) is 0 Å². The van der Waals surface area contributed by atoms with Crippen LogP contribution in [0, 0.1) is 17.8 Å². The molecule has 1 aromatic heterocycles. The second-order valence-corrected chi connectivity index (χ2v) is 24.2. The number of hydrogen-bond donors (Lipinski definition) is 7. The van der Waals surface area contributed by atoms with Crippen LogP contribution >= 0.6 is 18.9 Å². The van der Waals surface area contributed by atoms with Gasteiger partial charge in [0, 0.05) is 66.7 Å². The van der Waals surface area contributed by atoms with E-state index in [1.807, 2.05) is 6.07 Å². The zero-order valence-electron chi connectivity index (χ0n) is 44.7. The Labute approximate surface area is 479 Å². The quantitative estimate of drug-likeness (QED) is 0.0282. The van der Waals surface area contributed by atoms with Crippen LogP contribution in [-0.4, -0.2) is 110 Å². The van der Waals surface area contributed by atoms with Gasteiger partial charge in [-0.3, -0.25) is 57.9 Å². The molecule has 4 aromatic carbocycles. The molecule has 0 saturated carbocycles. The predicted octanol–water partition coefficient (Wildman–Crippen LogP) is 4.96. The number of fused-ring (bicyclic) bond motifs is 2. The normalized spacial score (nSPS) is 19.7. The van der Waals surface area contributed by atoms with Gasteiger partial charge in [0.2, 0.25) is 41.4 Å². The van der Waals surface area contributed by atoms with E-state index in [9.17, 15) is 66.3 Å². The highest BCUT2D eigenvalue weighted by molar-refractivity contribution is 7.52. The van der Waals surface area contributed by atoms with Gasteiger partial charge in [-0.05, 0) is 115 Å². The fraction of sp³-hybridized carbons (Fsp3) is 0.373. The summed E-state index contributed by atoms with van der Waals surface area (Å²) < 4.78 is 41.1. The van der Waals surface area contributed by atoms with Gasteiger partial charge in [0.05, 0.1) is 10.6 Å². The highest BCUT2D eigenvalue weighted by atomic mass is 32.1. The van der Waals surface area contributed by atoms with Crippen LogP contribution in [0.3, 0.4) is 0 Å². The van der Waals surface area contributed by atoms with Crippen LogP contribution in [0.2, 0.25) is 0 Å². The Morgan fingerprint density at radius 2 is 1.63 bits per heavy atom. The van der Waals surface area contributed by atoms with Crippen LogP contribution in [0.1, 0.15) is 124 Å². The minimum absolute atomic E-state index is 0.0236. The van der Waals surface area contributed by atoms with Crippen molar-refractivity contribution in [1.29, 1.82) is 0 Å². The number of para-hydroxylation sites is 1. The number of imide groups is 1. The first kappa shape index (κ1) is 58.1. The highest BCUT2D eigenvalue weighted by Gasteiger charge is 2.51. The molecule has 20 nitrogen and oxygen atoms in total. The van der Waals surface area contributed by atoms with Gasteiger partial charge in [-0.1, -0.05) is 72.5 Å². The number of likely N-dealkylation sites (tertiary alicyclic amines) is 1. The number of thiophene rings is 1. The van der Waals surface area contributed by atoms with Crippen molar-refractivity contribution in [3.63, 3.8) is 0 Å². The first-order valence-corrected chi connectivity index (χ1v) is 29.8. The molecule has 9 amide bonds. The first-order valence-electron chi connectivity index (χ1n) is 27.4. The van der Waals surface area contributed by atoms with Crippen molar-refractivity contribution in [1.82, 2.24) is 31.1 Å². The third kappa shape index (κ3) is 12.2. The Morgan fingerprint density at radius 3 is 2.36 bits per heavy atom. The van der Waals surface area contributed by atoms with Gasteiger partial charge in [-0.15, -0.1) is 11.3 Å². The van der Waals surface area contributed by atoms with Gasteiger partial charge in [0.25, 0.3) is 11.8 Å². The molecule has 10 rings (SSSR count). The summed E-state index contributed by atoms with van der Waals surface area (Å²) in [7, 11) is -5.87. The molecule has 8 N–H and O–H groups in total. The van der Waals surface area contributed by atoms with Gasteiger partial charge in [-0.2, -0.15) is 8.78 Å². The molecule has 6 heterocycles. The van der Waals surface area contributed by atoms with Crippen LogP contribution < -0.4 is 31.9 Å².